The molecule has 1 heterocycles. The minimum atomic E-state index is 0.00428. The Bertz CT molecular complexity index is 655. The summed E-state index contributed by atoms with van der Waals surface area (Å²) in [5.41, 5.74) is 1.75. The molecule has 2 aromatic carbocycles. The van der Waals surface area contributed by atoms with Crippen molar-refractivity contribution in [2.45, 2.75) is 38.5 Å². The minimum absolute atomic E-state index is 0.00428. The quantitative estimate of drug-likeness (QED) is 0.888. The van der Waals surface area contributed by atoms with Gasteiger partial charge in [0.2, 0.25) is 0 Å². The summed E-state index contributed by atoms with van der Waals surface area (Å²) in [6.07, 6.45) is 1.97. The zero-order chi connectivity index (χ0) is 16.8. The van der Waals surface area contributed by atoms with E-state index in [2.05, 4.69) is 17.6 Å². The van der Waals surface area contributed by atoms with E-state index in [1.807, 2.05) is 54.6 Å². The van der Waals surface area contributed by atoms with E-state index in [-0.39, 0.29) is 11.9 Å². The van der Waals surface area contributed by atoms with Gasteiger partial charge in [-0.3, -0.25) is 4.79 Å². The van der Waals surface area contributed by atoms with Crippen LogP contribution >= 0.6 is 0 Å². The molecule has 4 heteroatoms. The first-order valence-electron chi connectivity index (χ1n) is 8.52. The van der Waals surface area contributed by atoms with Gasteiger partial charge in [-0.2, -0.15) is 0 Å². The molecule has 24 heavy (non-hydrogen) atoms. The highest BCUT2D eigenvalue weighted by Crippen LogP contribution is 2.13. The number of nitrogens with one attached hydrogen (secondary N) is 2. The molecule has 4 nitrogen and oxygen atoms in total. The lowest BCUT2D eigenvalue weighted by molar-refractivity contribution is 0.0925. The van der Waals surface area contributed by atoms with E-state index < -0.39 is 0 Å². The zero-order valence-electron chi connectivity index (χ0n) is 14.0. The molecular formula is C20H24N2O2. The highest BCUT2D eigenvalue weighted by Gasteiger charge is 2.20. The van der Waals surface area contributed by atoms with Crippen LogP contribution < -0.4 is 15.4 Å². The lowest BCUT2D eigenvalue weighted by Gasteiger charge is -2.28. The largest absolute Gasteiger partial charge is 0.489 e. The van der Waals surface area contributed by atoms with Gasteiger partial charge in [-0.15, -0.1) is 0 Å². The number of carbonyl (C=O) groups excluding carboxylic acids is 1. The minimum Gasteiger partial charge on any atom is -0.489 e. The highest BCUT2D eigenvalue weighted by molar-refractivity contribution is 5.94. The topological polar surface area (TPSA) is 50.4 Å². The molecule has 1 amide bonds. The highest BCUT2D eigenvalue weighted by atomic mass is 16.5. The van der Waals surface area contributed by atoms with Crippen LogP contribution in [0.4, 0.5) is 0 Å². The molecule has 3 rings (SSSR count). The SMILES string of the molecule is CC1CC(NC(=O)c2ccc(COc3ccccc3)cc2)CCN1. The summed E-state index contributed by atoms with van der Waals surface area (Å²) >= 11 is 0. The van der Waals surface area contributed by atoms with Crippen molar-refractivity contribution in [3.05, 3.63) is 65.7 Å². The maximum atomic E-state index is 12.3. The first-order valence-corrected chi connectivity index (χ1v) is 8.52. The van der Waals surface area contributed by atoms with Crippen LogP contribution in [0, 0.1) is 0 Å². The van der Waals surface area contributed by atoms with Crippen LogP contribution in [0.3, 0.4) is 0 Å². The molecule has 1 aliphatic rings. The molecule has 2 N–H and O–H groups in total. The van der Waals surface area contributed by atoms with Crippen LogP contribution in [-0.4, -0.2) is 24.5 Å². The summed E-state index contributed by atoms with van der Waals surface area (Å²) in [5, 5.41) is 6.53. The number of piperidine rings is 1. The molecule has 0 radical (unpaired) electrons. The van der Waals surface area contributed by atoms with Gasteiger partial charge in [-0.05, 0) is 56.1 Å². The van der Waals surface area contributed by atoms with E-state index in [9.17, 15) is 4.79 Å². The maximum Gasteiger partial charge on any atom is 0.251 e. The fourth-order valence-corrected chi connectivity index (χ4v) is 2.97. The number of carbonyl (C=O) groups is 1. The summed E-state index contributed by atoms with van der Waals surface area (Å²) < 4.78 is 5.72. The second kappa shape index (κ2) is 7.97. The summed E-state index contributed by atoms with van der Waals surface area (Å²) in [7, 11) is 0. The fourth-order valence-electron chi connectivity index (χ4n) is 2.97. The smallest absolute Gasteiger partial charge is 0.251 e. The third-order valence-corrected chi connectivity index (χ3v) is 4.32. The van der Waals surface area contributed by atoms with Crippen molar-refractivity contribution in [1.82, 2.24) is 10.6 Å². The van der Waals surface area contributed by atoms with Crippen molar-refractivity contribution in [1.29, 1.82) is 0 Å². The number of para-hydroxylation sites is 1. The second-order valence-electron chi connectivity index (χ2n) is 6.35. The van der Waals surface area contributed by atoms with Gasteiger partial charge in [0, 0.05) is 17.6 Å². The standard InChI is InChI=1S/C20H24N2O2/c1-15-13-18(11-12-21-15)22-20(23)17-9-7-16(8-10-17)14-24-19-5-3-2-4-6-19/h2-10,15,18,21H,11-14H2,1H3,(H,22,23). The summed E-state index contributed by atoms with van der Waals surface area (Å²) in [4.78, 5) is 12.3. The van der Waals surface area contributed by atoms with Crippen molar-refractivity contribution >= 4 is 5.91 Å². The Morgan fingerprint density at radius 2 is 1.92 bits per heavy atom. The Labute approximate surface area is 143 Å². The average Bonchev–Trinajstić information content (AvgIpc) is 2.61. The van der Waals surface area contributed by atoms with Crippen molar-refractivity contribution < 1.29 is 9.53 Å². The van der Waals surface area contributed by atoms with Gasteiger partial charge in [0.1, 0.15) is 12.4 Å². The van der Waals surface area contributed by atoms with E-state index >= 15 is 0 Å². The van der Waals surface area contributed by atoms with Crippen LogP contribution in [-0.2, 0) is 6.61 Å². The van der Waals surface area contributed by atoms with Gasteiger partial charge in [0.25, 0.3) is 5.91 Å². The molecular weight excluding hydrogens is 300 g/mol. The molecule has 0 spiro atoms. The zero-order valence-corrected chi connectivity index (χ0v) is 14.0. The number of amides is 1. The fraction of sp³-hybridized carbons (Fsp3) is 0.350. The Hall–Kier alpha value is -2.33. The van der Waals surface area contributed by atoms with E-state index in [1.54, 1.807) is 0 Å². The Balaban J connectivity index is 1.52. The molecule has 126 valence electrons. The van der Waals surface area contributed by atoms with E-state index in [1.165, 1.54) is 0 Å². The van der Waals surface area contributed by atoms with E-state index in [4.69, 9.17) is 4.74 Å². The number of rotatable bonds is 5. The molecule has 1 fully saturated rings. The van der Waals surface area contributed by atoms with Gasteiger partial charge in [-0.25, -0.2) is 0 Å². The molecule has 0 bridgehead atoms. The predicted octanol–water partition coefficient (Wildman–Crippen LogP) is 3.14. The molecule has 2 aromatic rings. The van der Waals surface area contributed by atoms with Crippen molar-refractivity contribution in [3.63, 3.8) is 0 Å². The van der Waals surface area contributed by atoms with Crippen LogP contribution in [0.1, 0.15) is 35.7 Å². The van der Waals surface area contributed by atoms with Gasteiger partial charge in [0.15, 0.2) is 0 Å². The molecule has 0 aliphatic carbocycles. The average molecular weight is 324 g/mol. The van der Waals surface area contributed by atoms with Crippen LogP contribution in [0.25, 0.3) is 0 Å². The molecule has 0 saturated carbocycles. The monoisotopic (exact) mass is 324 g/mol. The van der Waals surface area contributed by atoms with Crippen LogP contribution in [0.2, 0.25) is 0 Å². The van der Waals surface area contributed by atoms with Gasteiger partial charge >= 0.3 is 0 Å². The second-order valence-corrected chi connectivity index (χ2v) is 6.35. The Morgan fingerprint density at radius 3 is 2.62 bits per heavy atom. The first kappa shape index (κ1) is 16.5. The maximum absolute atomic E-state index is 12.3. The predicted molar refractivity (Wildman–Crippen MR) is 95.2 cm³/mol. The van der Waals surface area contributed by atoms with Crippen LogP contribution in [0.5, 0.6) is 5.75 Å². The third-order valence-electron chi connectivity index (χ3n) is 4.32. The van der Waals surface area contributed by atoms with Gasteiger partial charge in [-0.1, -0.05) is 30.3 Å². The Kier molecular flexibility index (Phi) is 5.49. The molecule has 1 saturated heterocycles. The number of hydrogen-bond acceptors (Lipinski definition) is 3. The van der Waals surface area contributed by atoms with E-state index in [0.717, 1.165) is 30.7 Å². The number of hydrogen-bond donors (Lipinski definition) is 2. The number of ether oxygens (including phenoxy) is 1. The number of benzene rings is 2. The van der Waals surface area contributed by atoms with Gasteiger partial charge < -0.3 is 15.4 Å². The van der Waals surface area contributed by atoms with Crippen molar-refractivity contribution in [2.24, 2.45) is 0 Å². The molecule has 2 unspecified atom stereocenters. The van der Waals surface area contributed by atoms with E-state index in [0.29, 0.717) is 18.2 Å². The Morgan fingerprint density at radius 1 is 1.17 bits per heavy atom. The van der Waals surface area contributed by atoms with Crippen molar-refractivity contribution in [3.8, 4) is 5.75 Å². The van der Waals surface area contributed by atoms with Crippen LogP contribution in [0.15, 0.2) is 54.6 Å². The lowest BCUT2D eigenvalue weighted by atomic mass is 10.00. The van der Waals surface area contributed by atoms with Crippen molar-refractivity contribution in [2.75, 3.05) is 6.54 Å². The molecule has 0 aromatic heterocycles. The third kappa shape index (κ3) is 4.59. The molecule has 1 aliphatic heterocycles. The van der Waals surface area contributed by atoms with Gasteiger partial charge in [0.05, 0.1) is 0 Å². The normalized spacial score (nSPS) is 20.4. The lowest BCUT2D eigenvalue weighted by Crippen LogP contribution is -2.46. The molecule has 2 atom stereocenters. The first-order chi connectivity index (χ1) is 11.7. The summed E-state index contributed by atoms with van der Waals surface area (Å²) in [5.74, 6) is 0.851. The summed E-state index contributed by atoms with van der Waals surface area (Å²) in [6.45, 7) is 3.61. The summed E-state index contributed by atoms with van der Waals surface area (Å²) in [6, 6.07) is 18.1.